The van der Waals surface area contributed by atoms with E-state index in [4.69, 9.17) is 16.3 Å². The molecule has 3 unspecified atom stereocenters. The van der Waals surface area contributed by atoms with Crippen LogP contribution in [0.5, 0.6) is 0 Å². The normalized spacial score (nSPS) is 30.1. The van der Waals surface area contributed by atoms with Crippen molar-refractivity contribution in [3.8, 4) is 0 Å². The van der Waals surface area contributed by atoms with E-state index in [2.05, 4.69) is 29.1 Å². The minimum Gasteiger partial charge on any atom is -0.394 e. The Morgan fingerprint density at radius 3 is 2.55 bits per heavy atom. The van der Waals surface area contributed by atoms with E-state index in [9.17, 15) is 19.5 Å². The van der Waals surface area contributed by atoms with Gasteiger partial charge in [-0.3, -0.25) is 14.4 Å². The minimum absolute atomic E-state index is 0.107. The van der Waals surface area contributed by atoms with Gasteiger partial charge < -0.3 is 24.5 Å². The molecule has 3 amide bonds. The van der Waals surface area contributed by atoms with Gasteiger partial charge in [0.05, 0.1) is 41.3 Å². The van der Waals surface area contributed by atoms with E-state index >= 15 is 0 Å². The number of benzene rings is 1. The van der Waals surface area contributed by atoms with Crippen LogP contribution in [0.1, 0.15) is 32.3 Å². The smallest absolute Gasteiger partial charge is 0.253 e. The number of anilines is 1. The van der Waals surface area contributed by atoms with Crippen molar-refractivity contribution in [2.45, 2.75) is 62.2 Å². The summed E-state index contributed by atoms with van der Waals surface area (Å²) < 4.78 is 6.65. The molecule has 1 N–H and O–H groups in total. The number of amides is 3. The summed E-state index contributed by atoms with van der Waals surface area (Å²) >= 11 is 10.3. The first-order chi connectivity index (χ1) is 19.0. The third kappa shape index (κ3) is 4.72. The Hall–Kier alpha value is -2.20. The number of nitrogens with zero attached hydrogens (tertiary/aromatic N) is 3. The van der Waals surface area contributed by atoms with Gasteiger partial charge in [-0.1, -0.05) is 72.1 Å². The number of para-hydroxylation sites is 1. The molecule has 3 fully saturated rings. The first-order valence-corrected chi connectivity index (χ1v) is 15.1. The molecule has 0 saturated carbocycles. The van der Waals surface area contributed by atoms with Gasteiger partial charge >= 0.3 is 0 Å². The minimum atomic E-state index is -1.25. The molecule has 1 aromatic carbocycles. The standard InChI is InChI=1S/C30H39BrClN3O5/c1-7-13-33(6)27(37)22-23-28(38)35(21(16-36)17(4)9-3)26(30(23)15-19(31)25(22)40-30)29(39)34(14-8-2)24-18(5)11-10-12-20(24)32/h7-8,10-12,17,19,21-23,25-26,36H,1-2,9,13-16H2,3-6H3/t17-,19?,21-,22-,23-,25-,26?,30?/m0/s1. The van der Waals surface area contributed by atoms with E-state index in [0.717, 1.165) is 5.56 Å². The Balaban J connectivity index is 1.90. The summed E-state index contributed by atoms with van der Waals surface area (Å²) in [5.41, 5.74) is 0.0757. The molecule has 0 radical (unpaired) electrons. The van der Waals surface area contributed by atoms with Crippen LogP contribution in [0.2, 0.25) is 5.02 Å². The highest BCUT2D eigenvalue weighted by Crippen LogP contribution is 2.61. The number of ether oxygens (including phenoxy) is 1. The Kier molecular flexibility index (Phi) is 9.19. The first-order valence-electron chi connectivity index (χ1n) is 13.8. The van der Waals surface area contributed by atoms with Crippen molar-refractivity contribution in [2.24, 2.45) is 17.8 Å². The maximum Gasteiger partial charge on any atom is 0.253 e. The summed E-state index contributed by atoms with van der Waals surface area (Å²) in [7, 11) is 1.67. The molecule has 2 bridgehead atoms. The van der Waals surface area contributed by atoms with E-state index in [1.807, 2.05) is 32.9 Å². The molecule has 10 heteroatoms. The number of aliphatic hydroxyl groups is 1. The number of fused-ring (bicyclic) bond motifs is 1. The molecular formula is C30H39BrClN3O5. The lowest BCUT2D eigenvalue weighted by atomic mass is 9.70. The van der Waals surface area contributed by atoms with E-state index in [1.54, 1.807) is 30.2 Å². The summed E-state index contributed by atoms with van der Waals surface area (Å²) in [5, 5.41) is 11.0. The van der Waals surface area contributed by atoms with Crippen LogP contribution in [0.3, 0.4) is 0 Å². The Labute approximate surface area is 250 Å². The second kappa shape index (κ2) is 12.0. The van der Waals surface area contributed by atoms with Crippen molar-refractivity contribution in [1.82, 2.24) is 9.80 Å². The Bertz CT molecular complexity index is 1180. The van der Waals surface area contributed by atoms with Crippen LogP contribution in [-0.2, 0) is 19.1 Å². The van der Waals surface area contributed by atoms with Gasteiger partial charge in [-0.25, -0.2) is 0 Å². The molecule has 1 spiro atoms. The third-order valence-corrected chi connectivity index (χ3v) is 10.1. The number of aliphatic hydroxyl groups excluding tert-OH is 1. The van der Waals surface area contributed by atoms with Gasteiger partial charge in [0.1, 0.15) is 11.6 Å². The fourth-order valence-corrected chi connectivity index (χ4v) is 8.14. The molecule has 0 aliphatic carbocycles. The number of hydrogen-bond acceptors (Lipinski definition) is 5. The van der Waals surface area contributed by atoms with Crippen LogP contribution in [0.15, 0.2) is 43.5 Å². The summed E-state index contributed by atoms with van der Waals surface area (Å²) in [6.45, 7) is 13.6. The summed E-state index contributed by atoms with van der Waals surface area (Å²) in [4.78, 5) is 47.4. The van der Waals surface area contributed by atoms with Crippen LogP contribution < -0.4 is 4.90 Å². The third-order valence-electron chi connectivity index (χ3n) is 8.91. The van der Waals surface area contributed by atoms with Crippen LogP contribution in [-0.4, -0.2) is 88.0 Å². The molecule has 3 heterocycles. The molecule has 4 rings (SSSR count). The van der Waals surface area contributed by atoms with Crippen molar-refractivity contribution in [3.05, 3.63) is 54.1 Å². The number of hydrogen-bond donors (Lipinski definition) is 1. The number of carbonyl (C=O) groups excluding carboxylic acids is 3. The lowest BCUT2D eigenvalue weighted by Crippen LogP contribution is -2.60. The van der Waals surface area contributed by atoms with Gasteiger partial charge in [-0.05, 0) is 30.9 Å². The van der Waals surface area contributed by atoms with Crippen LogP contribution in [0, 0.1) is 24.7 Å². The maximum atomic E-state index is 14.8. The number of halogens is 2. The average Bonchev–Trinajstić information content (AvgIpc) is 3.51. The number of aryl methyl sites for hydroxylation is 1. The van der Waals surface area contributed by atoms with Crippen molar-refractivity contribution in [3.63, 3.8) is 0 Å². The second-order valence-corrected chi connectivity index (χ2v) is 12.8. The lowest BCUT2D eigenvalue weighted by molar-refractivity contribution is -0.147. The molecule has 3 aliphatic rings. The quantitative estimate of drug-likeness (QED) is 0.293. The van der Waals surface area contributed by atoms with Gasteiger partial charge in [0.2, 0.25) is 11.8 Å². The highest BCUT2D eigenvalue weighted by atomic mass is 79.9. The lowest BCUT2D eigenvalue weighted by Gasteiger charge is -2.41. The van der Waals surface area contributed by atoms with Crippen LogP contribution in [0.25, 0.3) is 0 Å². The first kappa shape index (κ1) is 30.8. The predicted octanol–water partition coefficient (Wildman–Crippen LogP) is 3.97. The van der Waals surface area contributed by atoms with Gasteiger partial charge in [-0.2, -0.15) is 0 Å². The number of likely N-dealkylation sites (tertiary alicyclic amines) is 1. The van der Waals surface area contributed by atoms with Crippen LogP contribution >= 0.6 is 27.5 Å². The molecule has 218 valence electrons. The summed E-state index contributed by atoms with van der Waals surface area (Å²) in [5.74, 6) is -2.68. The van der Waals surface area contributed by atoms with Crippen molar-refractivity contribution in [2.75, 3.05) is 31.6 Å². The molecule has 8 nitrogen and oxygen atoms in total. The topological polar surface area (TPSA) is 90.4 Å². The van der Waals surface area contributed by atoms with Gasteiger partial charge in [0.25, 0.3) is 5.91 Å². The molecule has 8 atom stereocenters. The highest BCUT2D eigenvalue weighted by Gasteiger charge is 2.77. The zero-order valence-corrected chi connectivity index (χ0v) is 25.9. The molecular weight excluding hydrogens is 598 g/mol. The Morgan fingerprint density at radius 1 is 1.30 bits per heavy atom. The highest BCUT2D eigenvalue weighted by molar-refractivity contribution is 9.09. The Morgan fingerprint density at radius 2 is 1.98 bits per heavy atom. The van der Waals surface area contributed by atoms with E-state index in [1.165, 1.54) is 9.80 Å². The van der Waals surface area contributed by atoms with Gasteiger partial charge in [0.15, 0.2) is 0 Å². The van der Waals surface area contributed by atoms with Crippen molar-refractivity contribution < 1.29 is 24.2 Å². The summed E-state index contributed by atoms with van der Waals surface area (Å²) in [6, 6.07) is 3.70. The van der Waals surface area contributed by atoms with E-state index < -0.39 is 35.6 Å². The largest absolute Gasteiger partial charge is 0.394 e. The van der Waals surface area contributed by atoms with Gasteiger partial charge in [-0.15, -0.1) is 13.2 Å². The predicted molar refractivity (Wildman–Crippen MR) is 159 cm³/mol. The van der Waals surface area contributed by atoms with Crippen LogP contribution in [0.4, 0.5) is 5.69 Å². The molecule has 3 saturated heterocycles. The average molecular weight is 637 g/mol. The number of alkyl halides is 1. The van der Waals surface area contributed by atoms with E-state index in [-0.39, 0.29) is 41.6 Å². The molecule has 40 heavy (non-hydrogen) atoms. The molecule has 0 aromatic heterocycles. The maximum absolute atomic E-state index is 14.8. The fraction of sp³-hybridized carbons (Fsp3) is 0.567. The zero-order valence-electron chi connectivity index (χ0n) is 23.6. The fourth-order valence-electron chi connectivity index (χ4n) is 6.87. The molecule has 3 aliphatic heterocycles. The number of carbonyl (C=O) groups is 3. The molecule has 1 aromatic rings. The monoisotopic (exact) mass is 635 g/mol. The van der Waals surface area contributed by atoms with Crippen molar-refractivity contribution in [1.29, 1.82) is 0 Å². The summed E-state index contributed by atoms with van der Waals surface area (Å²) in [6.07, 6.45) is 3.73. The SMILES string of the molecule is C=CCN(C)C(=O)[C@H]1[C@H]2C(=O)N([C@@H](CO)[C@@H](C)CC)C(C(=O)N(CC=C)c3c(C)cccc3Cl)C23CC(Br)[C@@H]1O3. The second-order valence-electron chi connectivity index (χ2n) is 11.2. The van der Waals surface area contributed by atoms with Crippen molar-refractivity contribution >= 4 is 50.9 Å². The number of rotatable bonds is 11. The zero-order chi connectivity index (χ0) is 29.5. The van der Waals surface area contributed by atoms with E-state index in [0.29, 0.717) is 30.1 Å². The number of likely N-dealkylation sites (N-methyl/N-ethyl adjacent to an activating group) is 1. The van der Waals surface area contributed by atoms with Gasteiger partial charge in [0, 0.05) is 25.0 Å².